The van der Waals surface area contributed by atoms with Crippen molar-refractivity contribution in [1.29, 1.82) is 0 Å². The first-order chi connectivity index (χ1) is 11.9. The van der Waals surface area contributed by atoms with Gasteiger partial charge in [0.05, 0.1) is 0 Å². The molecule has 0 spiro atoms. The molecule has 0 radical (unpaired) electrons. The minimum absolute atomic E-state index is 0.285. The zero-order chi connectivity index (χ0) is 18.1. The van der Waals surface area contributed by atoms with E-state index < -0.39 is 0 Å². The molecule has 0 aliphatic carbocycles. The maximum Gasteiger partial charge on any atom is 0.274 e. The van der Waals surface area contributed by atoms with Gasteiger partial charge in [-0.3, -0.25) is 9.36 Å². The van der Waals surface area contributed by atoms with E-state index in [9.17, 15) is 9.18 Å². The Hall–Kier alpha value is -2.73. The summed E-state index contributed by atoms with van der Waals surface area (Å²) in [5, 5.41) is 2.96. The van der Waals surface area contributed by atoms with Gasteiger partial charge in [-0.1, -0.05) is 17.7 Å². The van der Waals surface area contributed by atoms with Crippen LogP contribution >= 0.6 is 12.2 Å². The zero-order valence-electron chi connectivity index (χ0n) is 14.2. The van der Waals surface area contributed by atoms with E-state index in [1.54, 1.807) is 22.9 Å². The van der Waals surface area contributed by atoms with Crippen molar-refractivity contribution in [2.24, 2.45) is 0 Å². The summed E-state index contributed by atoms with van der Waals surface area (Å²) in [5.74, 6) is -0.630. The average molecular weight is 355 g/mol. The molecule has 1 aromatic heterocycles. The monoisotopic (exact) mass is 355 g/mol. The number of hydrogen-bond donors (Lipinski definition) is 2. The van der Waals surface area contributed by atoms with Crippen LogP contribution < -0.4 is 5.32 Å². The highest BCUT2D eigenvalue weighted by molar-refractivity contribution is 7.71. The number of imidazole rings is 1. The third-order valence-corrected chi connectivity index (χ3v) is 4.31. The van der Waals surface area contributed by atoms with Gasteiger partial charge in [0.1, 0.15) is 11.5 Å². The Bertz CT molecular complexity index is 979. The highest BCUT2D eigenvalue weighted by atomic mass is 32.1. The Morgan fingerprint density at radius 2 is 1.72 bits per heavy atom. The van der Waals surface area contributed by atoms with Crippen molar-refractivity contribution in [3.05, 3.63) is 75.6 Å². The fourth-order valence-electron chi connectivity index (χ4n) is 2.94. The van der Waals surface area contributed by atoms with Crippen LogP contribution in [0.4, 0.5) is 10.1 Å². The summed E-state index contributed by atoms with van der Waals surface area (Å²) in [7, 11) is 0. The van der Waals surface area contributed by atoms with E-state index in [1.807, 2.05) is 32.9 Å². The van der Waals surface area contributed by atoms with Crippen molar-refractivity contribution < 1.29 is 9.18 Å². The van der Waals surface area contributed by atoms with Crippen LogP contribution in [-0.2, 0) is 0 Å². The minimum atomic E-state index is -0.345. The van der Waals surface area contributed by atoms with Crippen LogP contribution in [0.1, 0.15) is 27.2 Å². The maximum absolute atomic E-state index is 13.2. The van der Waals surface area contributed by atoms with Crippen LogP contribution in [0.25, 0.3) is 5.69 Å². The van der Waals surface area contributed by atoms with Crippen LogP contribution in [0.3, 0.4) is 0 Å². The lowest BCUT2D eigenvalue weighted by atomic mass is 10.1. The molecule has 0 aliphatic rings. The Morgan fingerprint density at radius 3 is 2.32 bits per heavy atom. The second kappa shape index (κ2) is 6.64. The first kappa shape index (κ1) is 17.1. The standard InChI is InChI=1S/C19H18FN3OS/c1-11-8-12(2)17(13(3)9-11)22-18(24)16-10-21-19(25)23(16)15-6-4-14(20)5-7-15/h4-10H,1-3H3,(H,21,25)(H,22,24). The number of nitrogens with one attached hydrogen (secondary N) is 2. The minimum Gasteiger partial charge on any atom is -0.336 e. The van der Waals surface area contributed by atoms with E-state index >= 15 is 0 Å². The maximum atomic E-state index is 13.2. The molecule has 2 aromatic carbocycles. The number of anilines is 1. The van der Waals surface area contributed by atoms with E-state index in [0.29, 0.717) is 16.2 Å². The summed E-state index contributed by atoms with van der Waals surface area (Å²) in [6, 6.07) is 9.87. The molecule has 0 saturated carbocycles. The number of carbonyl (C=O) groups excluding carboxylic acids is 1. The first-order valence-electron chi connectivity index (χ1n) is 7.82. The molecule has 25 heavy (non-hydrogen) atoms. The molecule has 1 heterocycles. The topological polar surface area (TPSA) is 49.8 Å². The molecule has 3 aromatic rings. The largest absolute Gasteiger partial charge is 0.336 e. The molecular formula is C19H18FN3OS. The molecule has 3 rings (SSSR count). The second-order valence-corrected chi connectivity index (χ2v) is 6.41. The van der Waals surface area contributed by atoms with Gasteiger partial charge < -0.3 is 10.3 Å². The number of rotatable bonds is 3. The Kier molecular flexibility index (Phi) is 4.55. The number of H-pyrrole nitrogens is 1. The van der Waals surface area contributed by atoms with E-state index in [0.717, 1.165) is 22.4 Å². The number of aromatic amines is 1. The third-order valence-electron chi connectivity index (χ3n) is 4.01. The van der Waals surface area contributed by atoms with Gasteiger partial charge in [-0.15, -0.1) is 0 Å². The first-order valence-corrected chi connectivity index (χ1v) is 8.23. The van der Waals surface area contributed by atoms with Crippen molar-refractivity contribution in [1.82, 2.24) is 9.55 Å². The molecule has 0 bridgehead atoms. The fraction of sp³-hybridized carbons (Fsp3) is 0.158. The highest BCUT2D eigenvalue weighted by Crippen LogP contribution is 2.23. The number of benzene rings is 2. The predicted molar refractivity (Wildman–Crippen MR) is 99.5 cm³/mol. The van der Waals surface area contributed by atoms with Gasteiger partial charge in [0, 0.05) is 17.6 Å². The lowest BCUT2D eigenvalue weighted by Crippen LogP contribution is -2.17. The van der Waals surface area contributed by atoms with Gasteiger partial charge in [0.15, 0.2) is 4.77 Å². The molecule has 0 saturated heterocycles. The number of carbonyl (C=O) groups is 1. The highest BCUT2D eigenvalue weighted by Gasteiger charge is 2.16. The molecule has 6 heteroatoms. The van der Waals surface area contributed by atoms with Crippen LogP contribution in [-0.4, -0.2) is 15.5 Å². The molecule has 0 unspecified atom stereocenters. The van der Waals surface area contributed by atoms with Crippen molar-refractivity contribution in [3.63, 3.8) is 0 Å². The molecule has 128 valence electrons. The average Bonchev–Trinajstić information content (AvgIpc) is 2.93. The lowest BCUT2D eigenvalue weighted by molar-refractivity contribution is 0.102. The number of aromatic nitrogens is 2. The second-order valence-electron chi connectivity index (χ2n) is 6.02. The molecular weight excluding hydrogens is 337 g/mol. The van der Waals surface area contributed by atoms with E-state index in [1.165, 1.54) is 12.1 Å². The molecule has 1 amide bonds. The number of amides is 1. The van der Waals surface area contributed by atoms with Crippen molar-refractivity contribution >= 4 is 23.8 Å². The number of hydrogen-bond acceptors (Lipinski definition) is 2. The van der Waals surface area contributed by atoms with Gasteiger partial charge >= 0.3 is 0 Å². The van der Waals surface area contributed by atoms with E-state index in [-0.39, 0.29) is 11.7 Å². The summed E-state index contributed by atoms with van der Waals surface area (Å²) in [4.78, 5) is 15.7. The van der Waals surface area contributed by atoms with Gasteiger partial charge in [0.25, 0.3) is 5.91 Å². The van der Waals surface area contributed by atoms with Gasteiger partial charge in [-0.05, 0) is 68.4 Å². The van der Waals surface area contributed by atoms with Gasteiger partial charge in [-0.25, -0.2) is 4.39 Å². The molecule has 0 atom stereocenters. The van der Waals surface area contributed by atoms with Crippen LogP contribution in [0, 0.1) is 31.4 Å². The van der Waals surface area contributed by atoms with Gasteiger partial charge in [0.2, 0.25) is 0 Å². The Balaban J connectivity index is 2.00. The smallest absolute Gasteiger partial charge is 0.274 e. The van der Waals surface area contributed by atoms with Gasteiger partial charge in [-0.2, -0.15) is 0 Å². The van der Waals surface area contributed by atoms with E-state index in [2.05, 4.69) is 10.3 Å². The molecule has 0 aliphatic heterocycles. The third kappa shape index (κ3) is 3.39. The van der Waals surface area contributed by atoms with E-state index in [4.69, 9.17) is 12.2 Å². The summed E-state index contributed by atoms with van der Waals surface area (Å²) in [6.45, 7) is 5.93. The van der Waals surface area contributed by atoms with Crippen LogP contribution in [0.5, 0.6) is 0 Å². The lowest BCUT2D eigenvalue weighted by Gasteiger charge is -2.14. The SMILES string of the molecule is Cc1cc(C)c(NC(=O)c2c[nH]c(=S)n2-c2ccc(F)cc2)c(C)c1. The van der Waals surface area contributed by atoms with Crippen molar-refractivity contribution in [3.8, 4) is 5.69 Å². The number of nitrogens with zero attached hydrogens (tertiary/aromatic N) is 1. The number of aryl methyl sites for hydroxylation is 3. The Labute approximate surface area is 150 Å². The summed E-state index contributed by atoms with van der Waals surface area (Å²) < 4.78 is 15.1. The zero-order valence-corrected chi connectivity index (χ0v) is 15.0. The molecule has 0 fully saturated rings. The summed E-state index contributed by atoms with van der Waals surface area (Å²) >= 11 is 5.27. The van der Waals surface area contributed by atoms with Crippen LogP contribution in [0.2, 0.25) is 0 Å². The van der Waals surface area contributed by atoms with Crippen molar-refractivity contribution in [2.45, 2.75) is 20.8 Å². The molecule has 4 nitrogen and oxygen atoms in total. The van der Waals surface area contributed by atoms with Crippen molar-refractivity contribution in [2.75, 3.05) is 5.32 Å². The quantitative estimate of drug-likeness (QED) is 0.660. The molecule has 2 N–H and O–H groups in total. The normalized spacial score (nSPS) is 10.7. The van der Waals surface area contributed by atoms with Crippen LogP contribution in [0.15, 0.2) is 42.6 Å². The fourth-order valence-corrected chi connectivity index (χ4v) is 3.20. The Morgan fingerprint density at radius 1 is 1.12 bits per heavy atom. The predicted octanol–water partition coefficient (Wildman–Crippen LogP) is 4.85. The summed E-state index contributed by atoms with van der Waals surface area (Å²) in [5.41, 5.74) is 4.89. The summed E-state index contributed by atoms with van der Waals surface area (Å²) in [6.07, 6.45) is 1.56. The number of halogens is 1.